The van der Waals surface area contributed by atoms with Crippen molar-refractivity contribution in [1.82, 2.24) is 15.2 Å². The molecule has 0 spiro atoms. The lowest BCUT2D eigenvalue weighted by Crippen LogP contribution is -2.63. The molecule has 1 saturated carbocycles. The Morgan fingerprint density at radius 3 is 2.45 bits per heavy atom. The molecule has 2 fully saturated rings. The van der Waals surface area contributed by atoms with Gasteiger partial charge in [-0.05, 0) is 23.8 Å². The monoisotopic (exact) mass is 287 g/mol. The summed E-state index contributed by atoms with van der Waals surface area (Å²) in [5.74, 6) is 4.68. The van der Waals surface area contributed by atoms with Crippen molar-refractivity contribution in [2.24, 2.45) is 17.8 Å². The molecule has 4 heteroatoms. The van der Waals surface area contributed by atoms with E-state index in [1.807, 2.05) is 0 Å². The van der Waals surface area contributed by atoms with Crippen LogP contribution in [0.2, 0.25) is 18.6 Å². The maximum Gasteiger partial charge on any atom is 0.128 e. The van der Waals surface area contributed by atoms with Crippen LogP contribution in [0.1, 0.15) is 6.42 Å². The third-order valence-corrected chi connectivity index (χ3v) is 9.83. The minimum atomic E-state index is -1.51. The third kappa shape index (κ3) is 2.29. The minimum absolute atomic E-state index is 0.420. The molecular formula is C16H25N3Si. The fraction of sp³-hybridized carbons (Fsp3) is 0.625. The van der Waals surface area contributed by atoms with Gasteiger partial charge in [-0.1, -0.05) is 37.4 Å². The standard InChI is InChI=1S/C16H25N3Si/c1-4-13-9-16(15-8-6-5-7-14(13)15)20(2,3)19-11-17-10-18-12-19/h1,5-8,13-18H,9-12H2,2-3H3/t13-,14?,15?,16?/m0/s1. The second kappa shape index (κ2) is 5.49. The summed E-state index contributed by atoms with van der Waals surface area (Å²) in [6.45, 7) is 7.97. The number of fused-ring (bicyclic) bond motifs is 1. The van der Waals surface area contributed by atoms with E-state index in [1.165, 1.54) is 6.42 Å². The van der Waals surface area contributed by atoms with Crippen molar-refractivity contribution in [2.75, 3.05) is 20.0 Å². The number of hydrogen-bond donors (Lipinski definition) is 2. The van der Waals surface area contributed by atoms with Crippen LogP contribution in [-0.4, -0.2) is 32.8 Å². The van der Waals surface area contributed by atoms with Gasteiger partial charge in [0.2, 0.25) is 0 Å². The molecule has 108 valence electrons. The molecule has 1 saturated heterocycles. The first kappa shape index (κ1) is 14.1. The predicted molar refractivity (Wildman–Crippen MR) is 86.1 cm³/mol. The van der Waals surface area contributed by atoms with Crippen molar-refractivity contribution in [3.05, 3.63) is 24.3 Å². The van der Waals surface area contributed by atoms with E-state index in [9.17, 15) is 0 Å². The lowest BCUT2D eigenvalue weighted by Gasteiger charge is -2.45. The minimum Gasteiger partial charge on any atom is -0.299 e. The molecule has 0 aromatic carbocycles. The van der Waals surface area contributed by atoms with Crippen molar-refractivity contribution in [2.45, 2.75) is 25.1 Å². The molecule has 3 unspecified atom stereocenters. The third-order valence-electron chi connectivity index (χ3n) is 5.45. The van der Waals surface area contributed by atoms with Gasteiger partial charge in [-0.3, -0.25) is 15.2 Å². The highest BCUT2D eigenvalue weighted by molar-refractivity contribution is 6.76. The molecule has 0 aromatic heterocycles. The van der Waals surface area contributed by atoms with E-state index in [1.54, 1.807) is 0 Å². The SMILES string of the molecule is C#C[C@H]1CC([Si](C)(C)N2CNCNC2)C2C=CC=CC21. The van der Waals surface area contributed by atoms with Crippen LogP contribution in [0.3, 0.4) is 0 Å². The van der Waals surface area contributed by atoms with Crippen molar-refractivity contribution in [1.29, 1.82) is 0 Å². The maximum atomic E-state index is 5.79. The van der Waals surface area contributed by atoms with Gasteiger partial charge in [0.1, 0.15) is 8.24 Å². The van der Waals surface area contributed by atoms with Gasteiger partial charge in [-0.25, -0.2) is 0 Å². The van der Waals surface area contributed by atoms with E-state index >= 15 is 0 Å². The Morgan fingerprint density at radius 1 is 1.15 bits per heavy atom. The fourth-order valence-electron chi connectivity index (χ4n) is 4.14. The Bertz CT molecular complexity index is 457. The molecular weight excluding hydrogens is 262 g/mol. The summed E-state index contributed by atoms with van der Waals surface area (Å²) >= 11 is 0. The Balaban J connectivity index is 1.83. The maximum absolute atomic E-state index is 5.79. The average molecular weight is 287 g/mol. The molecule has 1 heterocycles. The fourth-order valence-corrected chi connectivity index (χ4v) is 7.75. The Hall–Kier alpha value is -0.863. The van der Waals surface area contributed by atoms with Gasteiger partial charge < -0.3 is 0 Å². The van der Waals surface area contributed by atoms with E-state index in [2.05, 4.69) is 58.5 Å². The van der Waals surface area contributed by atoms with Crippen LogP contribution in [0.15, 0.2) is 24.3 Å². The molecule has 4 atom stereocenters. The topological polar surface area (TPSA) is 27.3 Å². The predicted octanol–water partition coefficient (Wildman–Crippen LogP) is 1.94. The van der Waals surface area contributed by atoms with E-state index in [-0.39, 0.29) is 0 Å². The van der Waals surface area contributed by atoms with Gasteiger partial charge >= 0.3 is 0 Å². The second-order valence-corrected chi connectivity index (χ2v) is 11.4. The van der Waals surface area contributed by atoms with Crippen LogP contribution in [0.25, 0.3) is 0 Å². The summed E-state index contributed by atoms with van der Waals surface area (Å²) in [6.07, 6.45) is 16.1. The number of hydrogen-bond acceptors (Lipinski definition) is 3. The van der Waals surface area contributed by atoms with Crippen LogP contribution in [0.4, 0.5) is 0 Å². The van der Waals surface area contributed by atoms with Crippen LogP contribution in [0, 0.1) is 30.1 Å². The van der Waals surface area contributed by atoms with Crippen LogP contribution >= 0.6 is 0 Å². The van der Waals surface area contributed by atoms with Gasteiger partial charge in [0, 0.05) is 25.9 Å². The van der Waals surface area contributed by atoms with Crippen LogP contribution in [0.5, 0.6) is 0 Å². The molecule has 1 aliphatic heterocycles. The zero-order chi connectivity index (χ0) is 14.2. The van der Waals surface area contributed by atoms with Gasteiger partial charge in [-0.15, -0.1) is 12.3 Å². The Morgan fingerprint density at radius 2 is 1.80 bits per heavy atom. The Labute approximate surface area is 123 Å². The number of rotatable bonds is 2. The van der Waals surface area contributed by atoms with Crippen molar-refractivity contribution < 1.29 is 0 Å². The summed E-state index contributed by atoms with van der Waals surface area (Å²) < 4.78 is 2.64. The molecule has 0 amide bonds. The molecule has 3 aliphatic rings. The first-order chi connectivity index (χ1) is 9.64. The highest BCUT2D eigenvalue weighted by atomic mass is 28.3. The second-order valence-electron chi connectivity index (χ2n) is 6.73. The van der Waals surface area contributed by atoms with E-state index in [4.69, 9.17) is 6.42 Å². The highest BCUT2D eigenvalue weighted by Gasteiger charge is 2.50. The van der Waals surface area contributed by atoms with Crippen molar-refractivity contribution in [3.63, 3.8) is 0 Å². The molecule has 3 rings (SSSR count). The first-order valence-corrected chi connectivity index (χ1v) is 10.6. The highest BCUT2D eigenvalue weighted by Crippen LogP contribution is 2.52. The first-order valence-electron chi connectivity index (χ1n) is 7.62. The number of nitrogens with one attached hydrogen (secondary N) is 2. The lowest BCUT2D eigenvalue weighted by molar-refractivity contribution is 0.283. The zero-order valence-corrected chi connectivity index (χ0v) is 13.5. The molecule has 3 nitrogen and oxygen atoms in total. The smallest absolute Gasteiger partial charge is 0.128 e. The average Bonchev–Trinajstić information content (AvgIpc) is 2.88. The van der Waals surface area contributed by atoms with Gasteiger partial charge in [-0.2, -0.15) is 0 Å². The van der Waals surface area contributed by atoms with E-state index in [0.717, 1.165) is 25.5 Å². The Kier molecular flexibility index (Phi) is 3.87. The van der Waals surface area contributed by atoms with Crippen molar-refractivity contribution in [3.8, 4) is 12.3 Å². The molecule has 0 bridgehead atoms. The molecule has 20 heavy (non-hydrogen) atoms. The molecule has 2 aliphatic carbocycles. The lowest BCUT2D eigenvalue weighted by atomic mass is 9.87. The summed E-state index contributed by atoms with van der Waals surface area (Å²) in [6, 6.07) is 0. The summed E-state index contributed by atoms with van der Waals surface area (Å²) in [5, 5.41) is 6.88. The largest absolute Gasteiger partial charge is 0.299 e. The number of allylic oxidation sites excluding steroid dienone is 4. The van der Waals surface area contributed by atoms with E-state index < -0.39 is 8.24 Å². The zero-order valence-electron chi connectivity index (χ0n) is 12.5. The quantitative estimate of drug-likeness (QED) is 0.600. The summed E-state index contributed by atoms with van der Waals surface area (Å²) in [5.41, 5.74) is 0.747. The summed E-state index contributed by atoms with van der Waals surface area (Å²) in [4.78, 5) is 0. The van der Waals surface area contributed by atoms with Gasteiger partial charge in [0.25, 0.3) is 0 Å². The normalized spacial score (nSPS) is 37.6. The molecule has 2 N–H and O–H groups in total. The summed E-state index contributed by atoms with van der Waals surface area (Å²) in [7, 11) is -1.51. The molecule has 0 aromatic rings. The van der Waals surface area contributed by atoms with Crippen LogP contribution < -0.4 is 10.6 Å². The van der Waals surface area contributed by atoms with Gasteiger partial charge in [0.05, 0.1) is 0 Å². The van der Waals surface area contributed by atoms with Gasteiger partial charge in [0.15, 0.2) is 0 Å². The molecule has 0 radical (unpaired) electrons. The number of terminal acetylenes is 1. The van der Waals surface area contributed by atoms with Crippen LogP contribution in [-0.2, 0) is 0 Å². The number of nitrogens with zero attached hydrogens (tertiary/aromatic N) is 1. The van der Waals surface area contributed by atoms with E-state index in [0.29, 0.717) is 17.8 Å². The van der Waals surface area contributed by atoms with Crippen molar-refractivity contribution >= 4 is 8.24 Å².